The second-order valence-corrected chi connectivity index (χ2v) is 9.18. The number of nitrogens with two attached hydrogens (primary N) is 1. The minimum atomic E-state index is -0.346. The predicted octanol–water partition coefficient (Wildman–Crippen LogP) is 4.28. The fraction of sp³-hybridized carbons (Fsp3) is 0.714. The molecular formula is C21H33NOS. The fourth-order valence-electron chi connectivity index (χ4n) is 4.33. The zero-order valence-corrected chi connectivity index (χ0v) is 15.9. The molecule has 1 saturated carbocycles. The van der Waals surface area contributed by atoms with Crippen LogP contribution in [-0.2, 0) is 12.8 Å². The van der Waals surface area contributed by atoms with Crippen LogP contribution in [0.3, 0.4) is 0 Å². The Morgan fingerprint density at radius 1 is 1.29 bits per heavy atom. The molecule has 134 valence electrons. The molecule has 3 rings (SSSR count). The Hall–Kier alpha value is -0.510. The van der Waals surface area contributed by atoms with E-state index in [1.54, 1.807) is 11.1 Å². The first-order chi connectivity index (χ1) is 11.6. The first kappa shape index (κ1) is 18.3. The number of hydrogen-bond acceptors (Lipinski definition) is 3. The monoisotopic (exact) mass is 347 g/mol. The molecule has 24 heavy (non-hydrogen) atoms. The quantitative estimate of drug-likeness (QED) is 0.724. The van der Waals surface area contributed by atoms with Gasteiger partial charge in [-0.1, -0.05) is 31.5 Å². The molecule has 3 atom stereocenters. The highest BCUT2D eigenvalue weighted by Crippen LogP contribution is 2.40. The molecule has 2 aliphatic rings. The normalized spacial score (nSPS) is 29.6. The third kappa shape index (κ3) is 4.36. The van der Waals surface area contributed by atoms with E-state index in [-0.39, 0.29) is 12.1 Å². The number of hydrogen-bond donors (Lipinski definition) is 2. The van der Waals surface area contributed by atoms with Crippen molar-refractivity contribution in [3.63, 3.8) is 0 Å². The Balaban J connectivity index is 1.58. The van der Waals surface area contributed by atoms with Gasteiger partial charge in [0.25, 0.3) is 0 Å². The summed E-state index contributed by atoms with van der Waals surface area (Å²) in [7, 11) is 0. The van der Waals surface area contributed by atoms with Crippen molar-refractivity contribution in [3.8, 4) is 0 Å². The summed E-state index contributed by atoms with van der Waals surface area (Å²) in [6.45, 7) is 2.39. The van der Waals surface area contributed by atoms with Gasteiger partial charge in [0.1, 0.15) is 0 Å². The molecule has 2 nitrogen and oxygen atoms in total. The van der Waals surface area contributed by atoms with E-state index in [1.165, 1.54) is 49.2 Å². The molecule has 0 aliphatic heterocycles. The molecule has 0 heterocycles. The molecule has 0 aromatic heterocycles. The second kappa shape index (κ2) is 8.25. The third-order valence-electron chi connectivity index (χ3n) is 5.99. The summed E-state index contributed by atoms with van der Waals surface area (Å²) in [5, 5.41) is 9.49. The average Bonchev–Trinajstić information content (AvgIpc) is 3.01. The topological polar surface area (TPSA) is 46.2 Å². The Morgan fingerprint density at radius 3 is 2.92 bits per heavy atom. The number of aliphatic hydroxyl groups excluding tert-OH is 1. The van der Waals surface area contributed by atoms with Crippen LogP contribution in [0.5, 0.6) is 0 Å². The van der Waals surface area contributed by atoms with E-state index in [1.807, 2.05) is 0 Å². The smallest absolute Gasteiger partial charge is 0.0611 e. The first-order valence-electron chi connectivity index (χ1n) is 9.73. The summed E-state index contributed by atoms with van der Waals surface area (Å²) in [6, 6.07) is 7.16. The molecule has 0 spiro atoms. The van der Waals surface area contributed by atoms with E-state index in [2.05, 4.69) is 36.9 Å². The van der Waals surface area contributed by atoms with Crippen molar-refractivity contribution in [3.05, 3.63) is 34.9 Å². The molecule has 0 bridgehead atoms. The standard InChI is InChI=1S/C21H33NOS/c1-2-3-10-24-14-16-4-5-18-12-19(7-6-17(18)11-16)20-8-9-21(22,13-20)15-23/h6-7,12,16,20,23H,2-5,8-11,13-15,22H2,1H3/t16?,20-,21-/m1/s1. The molecule has 3 heteroatoms. The van der Waals surface area contributed by atoms with Gasteiger partial charge in [-0.15, -0.1) is 0 Å². The van der Waals surface area contributed by atoms with Crippen LogP contribution < -0.4 is 5.73 Å². The first-order valence-corrected chi connectivity index (χ1v) is 10.9. The van der Waals surface area contributed by atoms with Crippen LogP contribution in [0, 0.1) is 5.92 Å². The van der Waals surface area contributed by atoms with Gasteiger partial charge in [0.15, 0.2) is 0 Å². The van der Waals surface area contributed by atoms with Gasteiger partial charge in [0.05, 0.1) is 6.61 Å². The Morgan fingerprint density at radius 2 is 2.17 bits per heavy atom. The number of aryl methyl sites for hydroxylation is 1. The average molecular weight is 348 g/mol. The Bertz CT molecular complexity index is 547. The molecule has 2 aliphatic carbocycles. The molecule has 0 radical (unpaired) electrons. The van der Waals surface area contributed by atoms with Crippen LogP contribution >= 0.6 is 11.8 Å². The zero-order valence-electron chi connectivity index (χ0n) is 15.1. The molecule has 1 fully saturated rings. The lowest BCUT2D eigenvalue weighted by atomic mass is 9.82. The number of fused-ring (bicyclic) bond motifs is 1. The van der Waals surface area contributed by atoms with Crippen molar-refractivity contribution in [1.29, 1.82) is 0 Å². The maximum atomic E-state index is 9.49. The highest BCUT2D eigenvalue weighted by Gasteiger charge is 2.36. The van der Waals surface area contributed by atoms with Crippen molar-refractivity contribution in [2.24, 2.45) is 11.7 Å². The highest BCUT2D eigenvalue weighted by molar-refractivity contribution is 7.99. The number of thioether (sulfide) groups is 1. The van der Waals surface area contributed by atoms with E-state index in [9.17, 15) is 5.11 Å². The summed E-state index contributed by atoms with van der Waals surface area (Å²) in [6.07, 6.45) is 9.51. The van der Waals surface area contributed by atoms with E-state index < -0.39 is 0 Å². The lowest BCUT2D eigenvalue weighted by Gasteiger charge is -2.26. The van der Waals surface area contributed by atoms with Crippen molar-refractivity contribution in [1.82, 2.24) is 0 Å². The van der Waals surface area contributed by atoms with Crippen LogP contribution in [-0.4, -0.2) is 28.8 Å². The fourth-order valence-corrected chi connectivity index (χ4v) is 5.60. The minimum absolute atomic E-state index is 0.117. The van der Waals surface area contributed by atoms with Crippen molar-refractivity contribution >= 4 is 11.8 Å². The maximum absolute atomic E-state index is 9.49. The van der Waals surface area contributed by atoms with Crippen LogP contribution in [0.4, 0.5) is 0 Å². The molecule has 0 amide bonds. The number of benzene rings is 1. The van der Waals surface area contributed by atoms with Gasteiger partial charge in [-0.05, 0) is 85.0 Å². The minimum Gasteiger partial charge on any atom is -0.394 e. The van der Waals surface area contributed by atoms with Gasteiger partial charge in [0, 0.05) is 5.54 Å². The van der Waals surface area contributed by atoms with E-state index in [0.717, 1.165) is 25.2 Å². The summed E-state index contributed by atoms with van der Waals surface area (Å²) in [5.74, 6) is 4.06. The van der Waals surface area contributed by atoms with Gasteiger partial charge in [0.2, 0.25) is 0 Å². The zero-order chi connectivity index (χ0) is 17.0. The summed E-state index contributed by atoms with van der Waals surface area (Å²) < 4.78 is 0. The predicted molar refractivity (Wildman–Crippen MR) is 105 cm³/mol. The van der Waals surface area contributed by atoms with Crippen LogP contribution in [0.25, 0.3) is 0 Å². The van der Waals surface area contributed by atoms with Crippen LogP contribution in [0.2, 0.25) is 0 Å². The highest BCUT2D eigenvalue weighted by atomic mass is 32.2. The Labute approximate surface area is 151 Å². The van der Waals surface area contributed by atoms with Gasteiger partial charge in [-0.2, -0.15) is 11.8 Å². The van der Waals surface area contributed by atoms with Crippen molar-refractivity contribution in [2.45, 2.75) is 69.7 Å². The maximum Gasteiger partial charge on any atom is 0.0611 e. The van der Waals surface area contributed by atoms with Gasteiger partial charge < -0.3 is 10.8 Å². The van der Waals surface area contributed by atoms with E-state index >= 15 is 0 Å². The third-order valence-corrected chi connectivity index (χ3v) is 7.27. The second-order valence-electron chi connectivity index (χ2n) is 8.03. The number of rotatable bonds is 7. The van der Waals surface area contributed by atoms with E-state index in [4.69, 9.17) is 5.73 Å². The van der Waals surface area contributed by atoms with Gasteiger partial charge >= 0.3 is 0 Å². The summed E-state index contributed by atoms with van der Waals surface area (Å²) in [5.41, 5.74) is 10.5. The SMILES string of the molecule is CCCCSCC1CCc2cc([C@@H]3CC[C@](N)(CO)C3)ccc2C1. The summed E-state index contributed by atoms with van der Waals surface area (Å²) >= 11 is 2.15. The van der Waals surface area contributed by atoms with Crippen molar-refractivity contribution < 1.29 is 5.11 Å². The van der Waals surface area contributed by atoms with Gasteiger partial charge in [-0.3, -0.25) is 0 Å². The lowest BCUT2D eigenvalue weighted by molar-refractivity contribution is 0.198. The number of aliphatic hydroxyl groups is 1. The number of unbranched alkanes of at least 4 members (excludes halogenated alkanes) is 1. The molecule has 1 aromatic rings. The molecule has 1 aromatic carbocycles. The molecule has 3 N–H and O–H groups in total. The van der Waals surface area contributed by atoms with Crippen LogP contribution in [0.1, 0.15) is 68.1 Å². The largest absolute Gasteiger partial charge is 0.394 e. The van der Waals surface area contributed by atoms with Gasteiger partial charge in [-0.25, -0.2) is 0 Å². The summed E-state index contributed by atoms with van der Waals surface area (Å²) in [4.78, 5) is 0. The molecule has 0 saturated heterocycles. The van der Waals surface area contributed by atoms with Crippen LogP contribution in [0.15, 0.2) is 18.2 Å². The van der Waals surface area contributed by atoms with E-state index in [0.29, 0.717) is 5.92 Å². The molecular weight excluding hydrogens is 314 g/mol. The molecule has 1 unspecified atom stereocenters. The Kier molecular flexibility index (Phi) is 6.28. The van der Waals surface area contributed by atoms with Crippen molar-refractivity contribution in [2.75, 3.05) is 18.1 Å². The lowest BCUT2D eigenvalue weighted by Crippen LogP contribution is -2.40.